The van der Waals surface area contributed by atoms with Gasteiger partial charge in [0.1, 0.15) is 0 Å². The van der Waals surface area contributed by atoms with Crippen molar-refractivity contribution in [3.63, 3.8) is 0 Å². The van der Waals surface area contributed by atoms with Crippen LogP contribution in [-0.2, 0) is 22.5 Å². The van der Waals surface area contributed by atoms with Crippen molar-refractivity contribution in [1.82, 2.24) is 4.57 Å². The first-order valence-corrected chi connectivity index (χ1v) is 10.2. The largest absolute Gasteiger partial charge is 0.465 e. The monoisotopic (exact) mass is 432 g/mol. The number of methoxy groups -OCH3 is 1. The Morgan fingerprint density at radius 1 is 0.968 bits per heavy atom. The third kappa shape index (κ3) is 4.78. The molecule has 4 rings (SSSR count). The number of hydrogen-bond donors (Lipinski definition) is 1. The molecule has 5 nitrogen and oxygen atoms in total. The third-order valence-corrected chi connectivity index (χ3v) is 5.33. The van der Waals surface area contributed by atoms with E-state index in [2.05, 4.69) is 16.0 Å². The lowest BCUT2D eigenvalue weighted by Crippen LogP contribution is -2.14. The summed E-state index contributed by atoms with van der Waals surface area (Å²) in [5, 5.41) is 4.64. The van der Waals surface area contributed by atoms with Gasteiger partial charge in [-0.3, -0.25) is 4.79 Å². The molecule has 4 aromatic rings. The van der Waals surface area contributed by atoms with E-state index in [4.69, 9.17) is 16.3 Å². The highest BCUT2D eigenvalue weighted by Crippen LogP contribution is 2.24. The summed E-state index contributed by atoms with van der Waals surface area (Å²) in [6.07, 6.45) is 2.27. The smallest absolute Gasteiger partial charge is 0.337 e. The summed E-state index contributed by atoms with van der Waals surface area (Å²) in [5.41, 5.74) is 4.22. The van der Waals surface area contributed by atoms with E-state index < -0.39 is 5.97 Å². The molecule has 0 radical (unpaired) electrons. The first-order chi connectivity index (χ1) is 15.0. The Balaban J connectivity index is 1.52. The van der Waals surface area contributed by atoms with Crippen LogP contribution in [0, 0.1) is 0 Å². The zero-order valence-corrected chi connectivity index (χ0v) is 17.7. The minimum atomic E-state index is -0.411. The van der Waals surface area contributed by atoms with Crippen LogP contribution in [0.25, 0.3) is 10.9 Å². The maximum Gasteiger partial charge on any atom is 0.337 e. The molecule has 1 heterocycles. The van der Waals surface area contributed by atoms with Gasteiger partial charge in [-0.1, -0.05) is 41.9 Å². The van der Waals surface area contributed by atoms with Crippen LogP contribution in [0.15, 0.2) is 79.0 Å². The highest BCUT2D eigenvalue weighted by atomic mass is 35.5. The highest BCUT2D eigenvalue weighted by molar-refractivity contribution is 6.30. The average Bonchev–Trinajstić information content (AvgIpc) is 3.12. The summed E-state index contributed by atoms with van der Waals surface area (Å²) in [5.74, 6) is -0.536. The number of rotatable bonds is 6. The summed E-state index contributed by atoms with van der Waals surface area (Å²) in [6.45, 7) is 0.689. The number of fused-ring (bicyclic) bond motifs is 1. The number of anilines is 1. The number of carbonyl (C=O) groups excluding carboxylic acids is 2. The van der Waals surface area contributed by atoms with E-state index in [1.165, 1.54) is 7.11 Å². The van der Waals surface area contributed by atoms with Crippen LogP contribution < -0.4 is 5.32 Å². The maximum atomic E-state index is 12.7. The molecule has 0 unspecified atom stereocenters. The van der Waals surface area contributed by atoms with E-state index in [-0.39, 0.29) is 12.3 Å². The van der Waals surface area contributed by atoms with Gasteiger partial charge in [-0.05, 0) is 53.6 Å². The van der Waals surface area contributed by atoms with Crippen molar-refractivity contribution in [3.05, 3.63) is 101 Å². The highest BCUT2D eigenvalue weighted by Gasteiger charge is 2.13. The molecule has 0 aliphatic heterocycles. The topological polar surface area (TPSA) is 60.3 Å². The molecule has 1 amide bonds. The number of ether oxygens (including phenoxy) is 1. The van der Waals surface area contributed by atoms with E-state index in [9.17, 15) is 9.59 Å². The number of para-hydroxylation sites is 1. The molecule has 0 aliphatic rings. The molecule has 0 spiro atoms. The summed E-state index contributed by atoms with van der Waals surface area (Å²) in [4.78, 5) is 24.2. The van der Waals surface area contributed by atoms with Crippen LogP contribution in [0.3, 0.4) is 0 Å². The van der Waals surface area contributed by atoms with Gasteiger partial charge in [-0.15, -0.1) is 0 Å². The molecule has 0 saturated carbocycles. The SMILES string of the molecule is COC(=O)c1ccc(NC(=O)Cc2cn(Cc3ccc(Cl)cc3)c3ccccc23)cc1. The van der Waals surface area contributed by atoms with Crippen LogP contribution in [0.5, 0.6) is 0 Å². The van der Waals surface area contributed by atoms with Gasteiger partial charge in [0.15, 0.2) is 0 Å². The second-order valence-corrected chi connectivity index (χ2v) is 7.66. The maximum absolute atomic E-state index is 12.7. The van der Waals surface area contributed by atoms with Crippen LogP contribution in [0.1, 0.15) is 21.5 Å². The number of esters is 1. The Labute approximate surface area is 185 Å². The zero-order valence-electron chi connectivity index (χ0n) is 17.0. The molecule has 1 N–H and O–H groups in total. The number of aromatic nitrogens is 1. The lowest BCUT2D eigenvalue weighted by molar-refractivity contribution is -0.115. The Morgan fingerprint density at radius 2 is 1.68 bits per heavy atom. The molecule has 1 aromatic heterocycles. The number of carbonyl (C=O) groups is 2. The molecule has 3 aromatic carbocycles. The molecule has 0 fully saturated rings. The van der Waals surface area contributed by atoms with Gasteiger partial charge in [0.2, 0.25) is 5.91 Å². The first-order valence-electron chi connectivity index (χ1n) is 9.83. The Morgan fingerprint density at radius 3 is 2.39 bits per heavy atom. The van der Waals surface area contributed by atoms with Crippen molar-refractivity contribution in [2.45, 2.75) is 13.0 Å². The van der Waals surface area contributed by atoms with Gasteiger partial charge in [-0.2, -0.15) is 0 Å². The molecule has 0 bridgehead atoms. The Bertz CT molecular complexity index is 1230. The quantitative estimate of drug-likeness (QED) is 0.420. The summed E-state index contributed by atoms with van der Waals surface area (Å²) in [6, 6.07) is 22.4. The van der Waals surface area contributed by atoms with Crippen molar-refractivity contribution in [2.24, 2.45) is 0 Å². The van der Waals surface area contributed by atoms with Gasteiger partial charge < -0.3 is 14.6 Å². The minimum absolute atomic E-state index is 0.125. The molecule has 31 heavy (non-hydrogen) atoms. The minimum Gasteiger partial charge on any atom is -0.465 e. The number of benzene rings is 3. The van der Waals surface area contributed by atoms with Crippen molar-refractivity contribution in [2.75, 3.05) is 12.4 Å². The third-order valence-electron chi connectivity index (χ3n) is 5.08. The summed E-state index contributed by atoms with van der Waals surface area (Å²) < 4.78 is 6.84. The molecule has 0 aliphatic carbocycles. The molecular weight excluding hydrogens is 412 g/mol. The average molecular weight is 433 g/mol. The van der Waals surface area contributed by atoms with Crippen LogP contribution in [0.4, 0.5) is 5.69 Å². The van der Waals surface area contributed by atoms with Gasteiger partial charge in [-0.25, -0.2) is 4.79 Å². The molecule has 156 valence electrons. The fourth-order valence-electron chi connectivity index (χ4n) is 3.57. The van der Waals surface area contributed by atoms with Gasteiger partial charge >= 0.3 is 5.97 Å². The first kappa shape index (κ1) is 20.7. The van der Waals surface area contributed by atoms with E-state index in [1.54, 1.807) is 24.3 Å². The Hall–Kier alpha value is -3.57. The molecule has 0 atom stereocenters. The molecule has 6 heteroatoms. The Kier molecular flexibility index (Phi) is 6.05. The van der Waals surface area contributed by atoms with E-state index in [0.717, 1.165) is 22.0 Å². The predicted octanol–water partition coefficient (Wildman–Crippen LogP) is 5.31. The summed E-state index contributed by atoms with van der Waals surface area (Å²) >= 11 is 5.99. The standard InChI is InChI=1S/C25H21ClN2O3/c1-31-25(30)18-8-12-21(13-9-18)27-24(29)14-19-16-28(23-5-3-2-4-22(19)23)15-17-6-10-20(26)11-7-17/h2-13,16H,14-15H2,1H3,(H,27,29). The second kappa shape index (κ2) is 9.06. The van der Waals surface area contributed by atoms with Gasteiger partial charge in [0, 0.05) is 34.4 Å². The number of hydrogen-bond acceptors (Lipinski definition) is 3. The number of amides is 1. The second-order valence-electron chi connectivity index (χ2n) is 7.22. The van der Waals surface area contributed by atoms with Crippen molar-refractivity contribution in [1.29, 1.82) is 0 Å². The van der Waals surface area contributed by atoms with Crippen LogP contribution in [0.2, 0.25) is 5.02 Å². The zero-order chi connectivity index (χ0) is 21.8. The normalized spacial score (nSPS) is 10.8. The van der Waals surface area contributed by atoms with Crippen LogP contribution >= 0.6 is 11.6 Å². The van der Waals surface area contributed by atoms with Gasteiger partial charge in [0.05, 0.1) is 19.1 Å². The predicted molar refractivity (Wildman–Crippen MR) is 123 cm³/mol. The number of halogens is 1. The molecular formula is C25H21ClN2O3. The summed E-state index contributed by atoms with van der Waals surface area (Å²) in [7, 11) is 1.33. The van der Waals surface area contributed by atoms with Crippen molar-refractivity contribution < 1.29 is 14.3 Å². The van der Waals surface area contributed by atoms with Crippen LogP contribution in [-0.4, -0.2) is 23.6 Å². The van der Waals surface area contributed by atoms with Crippen molar-refractivity contribution in [3.8, 4) is 0 Å². The lowest BCUT2D eigenvalue weighted by atomic mass is 10.1. The molecule has 0 saturated heterocycles. The fraction of sp³-hybridized carbons (Fsp3) is 0.120. The lowest BCUT2D eigenvalue weighted by Gasteiger charge is -2.06. The number of nitrogens with zero attached hydrogens (tertiary/aromatic N) is 1. The number of nitrogens with one attached hydrogen (secondary N) is 1. The van der Waals surface area contributed by atoms with Gasteiger partial charge in [0.25, 0.3) is 0 Å². The van der Waals surface area contributed by atoms with Crippen molar-refractivity contribution >= 4 is 40.1 Å². The van der Waals surface area contributed by atoms with E-state index in [0.29, 0.717) is 22.8 Å². The van der Waals surface area contributed by atoms with E-state index >= 15 is 0 Å². The fourth-order valence-corrected chi connectivity index (χ4v) is 3.69. The van der Waals surface area contributed by atoms with E-state index in [1.807, 2.05) is 48.7 Å².